The number of aromatic nitrogens is 2. The van der Waals surface area contributed by atoms with Crippen molar-refractivity contribution in [1.82, 2.24) is 14.7 Å². The summed E-state index contributed by atoms with van der Waals surface area (Å²) in [6, 6.07) is 15.4. The summed E-state index contributed by atoms with van der Waals surface area (Å²) in [4.78, 5) is 26.6. The van der Waals surface area contributed by atoms with Gasteiger partial charge in [0.15, 0.2) is 0 Å². The van der Waals surface area contributed by atoms with Gasteiger partial charge in [0.05, 0.1) is 21.8 Å². The second kappa shape index (κ2) is 10.2. The number of carbonyl (C=O) groups is 2. The quantitative estimate of drug-likeness (QED) is 0.301. The lowest BCUT2D eigenvalue weighted by molar-refractivity contribution is -0.146. The predicted molar refractivity (Wildman–Crippen MR) is 141 cm³/mol. The number of carboxylic acid groups (broad SMARTS) is 1. The minimum atomic E-state index is -1.10. The van der Waals surface area contributed by atoms with Crippen molar-refractivity contribution in [3.05, 3.63) is 75.8 Å². The van der Waals surface area contributed by atoms with Crippen LogP contribution in [0.4, 0.5) is 0 Å². The fourth-order valence-electron chi connectivity index (χ4n) is 3.71. The topological polar surface area (TPSA) is 84.7 Å². The van der Waals surface area contributed by atoms with Crippen LogP contribution in [0.5, 0.6) is 11.6 Å². The summed E-state index contributed by atoms with van der Waals surface area (Å²) in [7, 11) is 0. The van der Waals surface area contributed by atoms with Crippen LogP contribution >= 0.6 is 35.6 Å². The summed E-state index contributed by atoms with van der Waals surface area (Å²) >= 11 is 12.6. The summed E-state index contributed by atoms with van der Waals surface area (Å²) in [5, 5.41) is 14.9. The zero-order chi connectivity index (χ0) is 25.3. The molecule has 0 radical (unpaired) electrons. The Balaban J connectivity index is 1.81. The lowest BCUT2D eigenvalue weighted by Crippen LogP contribution is -2.47. The first-order chi connectivity index (χ1) is 16.7. The van der Waals surface area contributed by atoms with E-state index in [2.05, 4.69) is 5.10 Å². The summed E-state index contributed by atoms with van der Waals surface area (Å²) in [6.45, 7) is 5.29. The number of thioether (sulfide) groups is 1. The molecule has 35 heavy (non-hydrogen) atoms. The van der Waals surface area contributed by atoms with Gasteiger partial charge in [-0.2, -0.15) is 9.78 Å². The number of ether oxygens (including phenoxy) is 1. The van der Waals surface area contributed by atoms with Gasteiger partial charge in [-0.25, -0.2) is 4.79 Å². The molecule has 180 valence electrons. The second-order valence-corrected chi connectivity index (χ2v) is 10.3. The van der Waals surface area contributed by atoms with Gasteiger partial charge in [0.1, 0.15) is 16.1 Å². The van der Waals surface area contributed by atoms with Crippen LogP contribution < -0.4 is 4.74 Å². The van der Waals surface area contributed by atoms with Crippen LogP contribution in [-0.2, 0) is 9.59 Å². The van der Waals surface area contributed by atoms with Gasteiger partial charge >= 0.3 is 5.97 Å². The number of carboxylic acids is 1. The average molecular weight is 528 g/mol. The first kappa shape index (κ1) is 25.0. The summed E-state index contributed by atoms with van der Waals surface area (Å²) in [6.07, 6.45) is 1.65. The van der Waals surface area contributed by atoms with Crippen molar-refractivity contribution in [2.24, 2.45) is 5.92 Å². The number of rotatable bonds is 7. The summed E-state index contributed by atoms with van der Waals surface area (Å²) in [5.74, 6) is -0.988. The van der Waals surface area contributed by atoms with Crippen LogP contribution in [0.3, 0.4) is 0 Å². The number of amides is 1. The first-order valence-electron chi connectivity index (χ1n) is 10.8. The van der Waals surface area contributed by atoms with E-state index in [0.717, 1.165) is 17.4 Å². The lowest BCUT2D eigenvalue weighted by Gasteiger charge is -2.26. The molecular formula is C25H22ClN3O4S2. The van der Waals surface area contributed by atoms with E-state index in [1.54, 1.807) is 48.9 Å². The highest BCUT2D eigenvalue weighted by Crippen LogP contribution is 2.39. The number of nitrogens with zero attached hydrogens (tertiary/aromatic N) is 3. The van der Waals surface area contributed by atoms with E-state index < -0.39 is 17.9 Å². The molecule has 1 aromatic heterocycles. The maximum absolute atomic E-state index is 13.3. The molecule has 1 N–H and O–H groups in total. The van der Waals surface area contributed by atoms with E-state index in [-0.39, 0.29) is 10.2 Å². The zero-order valence-electron chi connectivity index (χ0n) is 19.1. The number of hydrogen-bond acceptors (Lipinski definition) is 6. The van der Waals surface area contributed by atoms with Crippen LogP contribution in [0.25, 0.3) is 11.8 Å². The van der Waals surface area contributed by atoms with Gasteiger partial charge in [0.2, 0.25) is 5.88 Å². The molecule has 1 aliphatic rings. The highest BCUT2D eigenvalue weighted by molar-refractivity contribution is 8.26. The standard InChI is InChI=1S/C25H22ClN3O4S2/c1-14(2)21(24(31)32)28-22(30)20(35-25(28)34)13-19-15(3)27-29(17-9-5-4-6-10-17)23(19)33-18-11-7-8-16(26)12-18/h4-14,21H,1-3H3,(H,31,32)/b20-13-/t21-/m0/s1. The van der Waals surface area contributed by atoms with E-state index in [0.29, 0.717) is 32.8 Å². The fraction of sp³-hybridized carbons (Fsp3) is 0.200. The molecule has 1 amide bonds. The van der Waals surface area contributed by atoms with Gasteiger partial charge in [-0.3, -0.25) is 9.69 Å². The molecule has 7 nitrogen and oxygen atoms in total. The van der Waals surface area contributed by atoms with Gasteiger partial charge in [0.25, 0.3) is 5.91 Å². The van der Waals surface area contributed by atoms with E-state index in [1.807, 2.05) is 37.3 Å². The molecule has 1 fully saturated rings. The summed E-state index contributed by atoms with van der Waals surface area (Å²) in [5.41, 5.74) is 1.96. The maximum Gasteiger partial charge on any atom is 0.327 e. The highest BCUT2D eigenvalue weighted by atomic mass is 35.5. The van der Waals surface area contributed by atoms with Crippen molar-refractivity contribution < 1.29 is 19.4 Å². The predicted octanol–water partition coefficient (Wildman–Crippen LogP) is 5.94. The summed E-state index contributed by atoms with van der Waals surface area (Å²) < 4.78 is 8.08. The third-order valence-corrected chi connectivity index (χ3v) is 6.90. The van der Waals surface area contributed by atoms with E-state index in [4.69, 9.17) is 28.6 Å². The fourth-order valence-corrected chi connectivity index (χ4v) is 5.20. The van der Waals surface area contributed by atoms with Crippen LogP contribution in [0, 0.1) is 12.8 Å². The van der Waals surface area contributed by atoms with Crippen molar-refractivity contribution >= 4 is 57.9 Å². The number of carbonyl (C=O) groups excluding carboxylic acids is 1. The number of aryl methyl sites for hydroxylation is 1. The smallest absolute Gasteiger partial charge is 0.327 e. The lowest BCUT2D eigenvalue weighted by atomic mass is 10.0. The molecule has 1 saturated heterocycles. The highest BCUT2D eigenvalue weighted by Gasteiger charge is 2.42. The Kier molecular flexibility index (Phi) is 7.30. The molecule has 0 spiro atoms. The van der Waals surface area contributed by atoms with Gasteiger partial charge in [0, 0.05) is 5.02 Å². The number of thiocarbonyl (C=S) groups is 1. The van der Waals surface area contributed by atoms with Crippen LogP contribution in [0.15, 0.2) is 59.5 Å². The van der Waals surface area contributed by atoms with Gasteiger partial charge in [-0.1, -0.05) is 73.7 Å². The van der Waals surface area contributed by atoms with Crippen molar-refractivity contribution in [2.75, 3.05) is 0 Å². The molecule has 0 aliphatic carbocycles. The number of para-hydroxylation sites is 1. The molecule has 0 bridgehead atoms. The van der Waals surface area contributed by atoms with Crippen LogP contribution in [0.2, 0.25) is 5.02 Å². The SMILES string of the molecule is Cc1nn(-c2ccccc2)c(Oc2cccc(Cl)c2)c1/C=C1\SC(=S)N([C@H](C(=O)O)C(C)C)C1=O. The van der Waals surface area contributed by atoms with E-state index in [1.165, 1.54) is 4.90 Å². The number of hydrogen-bond donors (Lipinski definition) is 1. The number of aliphatic carboxylic acids is 1. The zero-order valence-corrected chi connectivity index (χ0v) is 21.5. The molecular weight excluding hydrogens is 506 g/mol. The van der Waals surface area contributed by atoms with Gasteiger partial charge in [-0.05, 0) is 49.2 Å². The molecule has 1 aliphatic heterocycles. The Morgan fingerprint density at radius 3 is 2.54 bits per heavy atom. The van der Waals surface area contributed by atoms with Crippen molar-refractivity contribution in [1.29, 1.82) is 0 Å². The van der Waals surface area contributed by atoms with Crippen molar-refractivity contribution in [2.45, 2.75) is 26.8 Å². The average Bonchev–Trinajstić information content (AvgIpc) is 3.25. The van der Waals surface area contributed by atoms with Gasteiger partial charge < -0.3 is 9.84 Å². The minimum Gasteiger partial charge on any atom is -0.480 e. The second-order valence-electron chi connectivity index (χ2n) is 8.19. The van der Waals surface area contributed by atoms with Gasteiger partial charge in [-0.15, -0.1) is 0 Å². The maximum atomic E-state index is 13.3. The van der Waals surface area contributed by atoms with Crippen LogP contribution in [-0.4, -0.2) is 42.0 Å². The molecule has 0 saturated carbocycles. The Labute approximate surface area is 217 Å². The molecule has 4 rings (SSSR count). The molecule has 2 heterocycles. The normalized spacial score (nSPS) is 15.8. The molecule has 3 aromatic rings. The third-order valence-electron chi connectivity index (χ3n) is 5.34. The molecule has 10 heteroatoms. The molecule has 0 unspecified atom stereocenters. The van der Waals surface area contributed by atoms with E-state index >= 15 is 0 Å². The third kappa shape index (κ3) is 5.12. The first-order valence-corrected chi connectivity index (χ1v) is 12.4. The number of halogens is 1. The van der Waals surface area contributed by atoms with E-state index in [9.17, 15) is 14.7 Å². The number of benzene rings is 2. The van der Waals surface area contributed by atoms with Crippen molar-refractivity contribution in [3.63, 3.8) is 0 Å². The largest absolute Gasteiger partial charge is 0.480 e. The Morgan fingerprint density at radius 2 is 1.91 bits per heavy atom. The van der Waals surface area contributed by atoms with Crippen LogP contribution in [0.1, 0.15) is 25.1 Å². The molecule has 1 atom stereocenters. The monoisotopic (exact) mass is 527 g/mol. The minimum absolute atomic E-state index is 0.202. The van der Waals surface area contributed by atoms with Crippen molar-refractivity contribution in [3.8, 4) is 17.3 Å². The Hall–Kier alpha value is -3.14. The Morgan fingerprint density at radius 1 is 1.20 bits per heavy atom. The Bertz CT molecular complexity index is 1340. The molecule has 2 aromatic carbocycles.